The van der Waals surface area contributed by atoms with Crippen LogP contribution in [-0.4, -0.2) is 9.55 Å². The molecule has 0 aliphatic heterocycles. The number of hydrogen-bond donors (Lipinski definition) is 1. The van der Waals surface area contributed by atoms with Gasteiger partial charge in [0.25, 0.3) is 0 Å². The maximum Gasteiger partial charge on any atom is 0.207 e. The van der Waals surface area contributed by atoms with Crippen molar-refractivity contribution in [2.45, 2.75) is 33.2 Å². The Balaban J connectivity index is 2.30. The van der Waals surface area contributed by atoms with Crippen molar-refractivity contribution < 1.29 is 4.39 Å². The third kappa shape index (κ3) is 3.44. The minimum Gasteiger partial charge on any atom is -0.323 e. The number of anilines is 2. The predicted molar refractivity (Wildman–Crippen MR) is 81.6 cm³/mol. The third-order valence-electron chi connectivity index (χ3n) is 2.89. The van der Waals surface area contributed by atoms with E-state index in [1.807, 2.05) is 17.7 Å². The van der Waals surface area contributed by atoms with Crippen molar-refractivity contribution >= 4 is 34.8 Å². The van der Waals surface area contributed by atoms with Crippen LogP contribution in [0, 0.1) is 12.7 Å². The number of benzene rings is 1. The number of halogens is 3. The summed E-state index contributed by atoms with van der Waals surface area (Å²) in [5.41, 5.74) is 1.37. The van der Waals surface area contributed by atoms with E-state index in [-0.39, 0.29) is 10.0 Å². The van der Waals surface area contributed by atoms with Gasteiger partial charge in [-0.15, -0.1) is 0 Å². The van der Waals surface area contributed by atoms with Gasteiger partial charge in [-0.3, -0.25) is 0 Å². The summed E-state index contributed by atoms with van der Waals surface area (Å²) in [7, 11) is 0. The molecule has 2 rings (SSSR count). The number of nitrogens with one attached hydrogen (secondary N) is 1. The Morgan fingerprint density at radius 3 is 2.55 bits per heavy atom. The summed E-state index contributed by atoms with van der Waals surface area (Å²) in [6.45, 7) is 4.90. The molecule has 20 heavy (non-hydrogen) atoms. The van der Waals surface area contributed by atoms with Gasteiger partial charge in [0.05, 0.1) is 21.4 Å². The topological polar surface area (TPSA) is 29.9 Å². The first-order chi connectivity index (χ1) is 9.51. The van der Waals surface area contributed by atoms with Crippen LogP contribution in [0.2, 0.25) is 10.0 Å². The zero-order valence-electron chi connectivity index (χ0n) is 11.4. The fraction of sp³-hybridized carbons (Fsp3) is 0.357. The normalized spacial score (nSPS) is 10.8. The first-order valence-corrected chi connectivity index (χ1v) is 7.22. The molecule has 0 amide bonds. The molecule has 0 unspecified atom stereocenters. The van der Waals surface area contributed by atoms with Crippen molar-refractivity contribution in [2.75, 3.05) is 5.32 Å². The van der Waals surface area contributed by atoms with Crippen LogP contribution in [0.1, 0.15) is 25.5 Å². The SMILES string of the molecule is CCCCn1cc(C)nc1Nc1c(Cl)cc(F)cc1Cl. The quantitative estimate of drug-likeness (QED) is 0.823. The highest BCUT2D eigenvalue weighted by atomic mass is 35.5. The molecule has 108 valence electrons. The molecule has 1 aromatic heterocycles. The van der Waals surface area contributed by atoms with E-state index in [0.717, 1.165) is 25.1 Å². The van der Waals surface area contributed by atoms with E-state index in [4.69, 9.17) is 23.2 Å². The molecule has 6 heteroatoms. The number of aryl methyl sites for hydroxylation is 2. The second-order valence-corrected chi connectivity index (χ2v) is 5.44. The highest BCUT2D eigenvalue weighted by molar-refractivity contribution is 6.39. The van der Waals surface area contributed by atoms with Crippen LogP contribution in [0.5, 0.6) is 0 Å². The first-order valence-electron chi connectivity index (χ1n) is 6.46. The van der Waals surface area contributed by atoms with Gasteiger partial charge >= 0.3 is 0 Å². The highest BCUT2D eigenvalue weighted by Crippen LogP contribution is 2.33. The summed E-state index contributed by atoms with van der Waals surface area (Å²) < 4.78 is 15.2. The second-order valence-electron chi connectivity index (χ2n) is 4.62. The Hall–Kier alpha value is -1.26. The zero-order chi connectivity index (χ0) is 14.7. The monoisotopic (exact) mass is 315 g/mol. The number of aromatic nitrogens is 2. The molecule has 1 aromatic carbocycles. The van der Waals surface area contributed by atoms with Crippen LogP contribution in [0.25, 0.3) is 0 Å². The lowest BCUT2D eigenvalue weighted by atomic mass is 10.3. The largest absolute Gasteiger partial charge is 0.323 e. The van der Waals surface area contributed by atoms with Gasteiger partial charge < -0.3 is 9.88 Å². The van der Waals surface area contributed by atoms with Crippen LogP contribution >= 0.6 is 23.2 Å². The molecule has 0 fully saturated rings. The summed E-state index contributed by atoms with van der Waals surface area (Å²) in [5.74, 6) is 0.197. The standard InChI is InChI=1S/C14H16Cl2FN3/c1-3-4-5-20-8-9(2)18-14(20)19-13-11(15)6-10(17)7-12(13)16/h6-8H,3-5H2,1-2H3,(H,18,19). The summed E-state index contributed by atoms with van der Waals surface area (Å²) in [5, 5.41) is 3.56. The molecule has 0 saturated heterocycles. The van der Waals surface area contributed by atoms with E-state index in [1.165, 1.54) is 12.1 Å². The van der Waals surface area contributed by atoms with Crippen molar-refractivity contribution in [1.82, 2.24) is 9.55 Å². The predicted octanol–water partition coefficient (Wildman–Crippen LogP) is 5.18. The molecule has 1 N–H and O–H groups in total. The summed E-state index contributed by atoms with van der Waals surface area (Å²) >= 11 is 12.0. The Bertz CT molecular complexity index is 587. The molecule has 0 saturated carbocycles. The van der Waals surface area contributed by atoms with Gasteiger partial charge in [0, 0.05) is 12.7 Å². The number of nitrogens with zero attached hydrogens (tertiary/aromatic N) is 2. The minimum atomic E-state index is -0.462. The lowest BCUT2D eigenvalue weighted by molar-refractivity contribution is 0.628. The minimum absolute atomic E-state index is 0.234. The van der Waals surface area contributed by atoms with Gasteiger partial charge in [0.1, 0.15) is 5.82 Å². The highest BCUT2D eigenvalue weighted by Gasteiger charge is 2.12. The van der Waals surface area contributed by atoms with E-state index >= 15 is 0 Å². The number of hydrogen-bond acceptors (Lipinski definition) is 2. The van der Waals surface area contributed by atoms with Crippen molar-refractivity contribution in [2.24, 2.45) is 0 Å². The maximum atomic E-state index is 13.2. The Kier molecular flexibility index (Phi) is 4.89. The number of unbranched alkanes of at least 4 members (excludes halogenated alkanes) is 1. The van der Waals surface area contributed by atoms with Crippen molar-refractivity contribution in [1.29, 1.82) is 0 Å². The van der Waals surface area contributed by atoms with Crippen molar-refractivity contribution in [3.05, 3.63) is 39.9 Å². The average Bonchev–Trinajstić information content (AvgIpc) is 2.71. The van der Waals surface area contributed by atoms with Crippen molar-refractivity contribution in [3.8, 4) is 0 Å². The molecular formula is C14H16Cl2FN3. The lowest BCUT2D eigenvalue weighted by Crippen LogP contribution is -2.04. The molecular weight excluding hydrogens is 300 g/mol. The molecule has 0 aliphatic carbocycles. The van der Waals surface area contributed by atoms with E-state index < -0.39 is 5.82 Å². The van der Waals surface area contributed by atoms with Crippen LogP contribution in [0.15, 0.2) is 18.3 Å². The average molecular weight is 316 g/mol. The zero-order valence-corrected chi connectivity index (χ0v) is 12.9. The van der Waals surface area contributed by atoms with Gasteiger partial charge in [-0.25, -0.2) is 9.37 Å². The molecule has 0 atom stereocenters. The molecule has 0 spiro atoms. The molecule has 0 bridgehead atoms. The summed E-state index contributed by atoms with van der Waals surface area (Å²) in [6.07, 6.45) is 4.10. The van der Waals surface area contributed by atoms with Gasteiger partial charge in [-0.2, -0.15) is 0 Å². The van der Waals surface area contributed by atoms with Gasteiger partial charge in [0.15, 0.2) is 0 Å². The molecule has 0 aliphatic rings. The van der Waals surface area contributed by atoms with Gasteiger partial charge in [0.2, 0.25) is 5.95 Å². The van der Waals surface area contributed by atoms with Crippen LogP contribution in [-0.2, 0) is 6.54 Å². The van der Waals surface area contributed by atoms with Crippen LogP contribution < -0.4 is 5.32 Å². The second kappa shape index (κ2) is 6.46. The van der Waals surface area contributed by atoms with E-state index in [2.05, 4.69) is 17.2 Å². The van der Waals surface area contributed by atoms with E-state index in [9.17, 15) is 4.39 Å². The van der Waals surface area contributed by atoms with Gasteiger partial charge in [-0.05, 0) is 25.5 Å². The van der Waals surface area contributed by atoms with Crippen LogP contribution in [0.4, 0.5) is 16.0 Å². The Morgan fingerprint density at radius 1 is 1.30 bits per heavy atom. The van der Waals surface area contributed by atoms with Crippen molar-refractivity contribution in [3.63, 3.8) is 0 Å². The van der Waals surface area contributed by atoms with E-state index in [1.54, 1.807) is 0 Å². The molecule has 2 aromatic rings. The molecule has 1 heterocycles. The summed E-state index contributed by atoms with van der Waals surface area (Å²) in [6, 6.07) is 2.45. The van der Waals surface area contributed by atoms with Crippen LogP contribution in [0.3, 0.4) is 0 Å². The van der Waals surface area contributed by atoms with Gasteiger partial charge in [-0.1, -0.05) is 36.5 Å². The number of rotatable bonds is 5. The number of imidazole rings is 1. The lowest BCUT2D eigenvalue weighted by Gasteiger charge is -2.12. The Labute approximate surface area is 127 Å². The van der Waals surface area contributed by atoms with E-state index in [0.29, 0.717) is 11.6 Å². The third-order valence-corrected chi connectivity index (χ3v) is 3.49. The summed E-state index contributed by atoms with van der Waals surface area (Å²) in [4.78, 5) is 4.40. The molecule has 0 radical (unpaired) electrons. The first kappa shape index (κ1) is 15.1. The maximum absolute atomic E-state index is 13.2. The molecule has 3 nitrogen and oxygen atoms in total. The fourth-order valence-corrected chi connectivity index (χ4v) is 2.47. The fourth-order valence-electron chi connectivity index (χ4n) is 1.92. The Morgan fingerprint density at radius 2 is 1.95 bits per heavy atom. The smallest absolute Gasteiger partial charge is 0.207 e.